The van der Waals surface area contributed by atoms with Gasteiger partial charge >= 0.3 is 6.18 Å². The van der Waals surface area contributed by atoms with Gasteiger partial charge in [-0.3, -0.25) is 4.72 Å². The van der Waals surface area contributed by atoms with Gasteiger partial charge in [-0.25, -0.2) is 13.4 Å². The molecule has 0 aliphatic carbocycles. The number of thiazole rings is 1. The first-order valence-corrected chi connectivity index (χ1v) is 8.16. The van der Waals surface area contributed by atoms with E-state index < -0.39 is 21.8 Å². The van der Waals surface area contributed by atoms with Gasteiger partial charge in [-0.2, -0.15) is 13.2 Å². The third-order valence-electron chi connectivity index (χ3n) is 2.26. The maximum Gasteiger partial charge on any atom is 0.416 e. The average Bonchev–Trinajstić information content (AvgIpc) is 2.78. The number of hydrogen-bond donors (Lipinski definition) is 1. The minimum absolute atomic E-state index is 0.0221. The Morgan fingerprint density at radius 3 is 2.38 bits per heavy atom. The molecule has 1 aromatic carbocycles. The Kier molecular flexibility index (Phi) is 4.39. The molecule has 0 aliphatic heterocycles. The first-order valence-electron chi connectivity index (χ1n) is 5.10. The third-order valence-corrected chi connectivity index (χ3v) is 5.52. The van der Waals surface area contributed by atoms with Gasteiger partial charge in [0, 0.05) is 0 Å². The van der Waals surface area contributed by atoms with Gasteiger partial charge < -0.3 is 0 Å². The third kappa shape index (κ3) is 3.79. The van der Waals surface area contributed by atoms with Crippen LogP contribution in [0.1, 0.15) is 5.56 Å². The number of alkyl halides is 3. The van der Waals surface area contributed by atoms with Crippen molar-refractivity contribution >= 4 is 50.2 Å². The van der Waals surface area contributed by atoms with Crippen molar-refractivity contribution < 1.29 is 21.6 Å². The SMILES string of the molecule is O=S(=O)(Nc1ccc(C(F)(F)F)cc1Cl)c1cnc(Cl)s1. The molecule has 4 nitrogen and oxygen atoms in total. The van der Waals surface area contributed by atoms with Crippen molar-refractivity contribution in [1.29, 1.82) is 0 Å². The van der Waals surface area contributed by atoms with E-state index in [9.17, 15) is 21.6 Å². The van der Waals surface area contributed by atoms with Gasteiger partial charge in [-0.15, -0.1) is 0 Å². The fourth-order valence-electron chi connectivity index (χ4n) is 1.33. The van der Waals surface area contributed by atoms with E-state index in [1.807, 2.05) is 0 Å². The van der Waals surface area contributed by atoms with E-state index in [-0.39, 0.29) is 19.4 Å². The zero-order valence-electron chi connectivity index (χ0n) is 9.78. The molecule has 0 radical (unpaired) electrons. The highest BCUT2D eigenvalue weighted by molar-refractivity contribution is 7.94. The van der Waals surface area contributed by atoms with Crippen LogP contribution in [0.15, 0.2) is 28.6 Å². The van der Waals surface area contributed by atoms with Gasteiger partial charge in [0.15, 0.2) is 8.68 Å². The van der Waals surface area contributed by atoms with Crippen LogP contribution < -0.4 is 4.72 Å². The molecule has 0 amide bonds. The van der Waals surface area contributed by atoms with Crippen molar-refractivity contribution in [3.8, 4) is 0 Å². The quantitative estimate of drug-likeness (QED) is 0.869. The molecule has 1 aromatic heterocycles. The summed E-state index contributed by atoms with van der Waals surface area (Å²) in [6.07, 6.45) is -3.53. The van der Waals surface area contributed by atoms with Crippen LogP contribution in [-0.2, 0) is 16.2 Å². The number of sulfonamides is 1. The van der Waals surface area contributed by atoms with E-state index in [4.69, 9.17) is 23.2 Å². The molecule has 0 spiro atoms. The zero-order chi connectivity index (χ0) is 15.8. The molecule has 11 heteroatoms. The Morgan fingerprint density at radius 2 is 1.90 bits per heavy atom. The second kappa shape index (κ2) is 5.64. The molecule has 0 fully saturated rings. The summed E-state index contributed by atoms with van der Waals surface area (Å²) < 4.78 is 63.3. The number of halogens is 5. The Hall–Kier alpha value is -1.03. The van der Waals surface area contributed by atoms with E-state index in [0.717, 1.165) is 18.3 Å². The molecule has 0 saturated heterocycles. The van der Waals surface area contributed by atoms with Crippen molar-refractivity contribution in [3.05, 3.63) is 39.4 Å². The molecule has 0 unspecified atom stereocenters. The molecule has 1 N–H and O–H groups in total. The minimum Gasteiger partial charge on any atom is -0.277 e. The van der Waals surface area contributed by atoms with Gasteiger partial charge in [0.05, 0.1) is 22.5 Å². The molecule has 21 heavy (non-hydrogen) atoms. The zero-order valence-corrected chi connectivity index (χ0v) is 12.9. The van der Waals surface area contributed by atoms with Gasteiger partial charge in [-0.05, 0) is 18.2 Å². The normalized spacial score (nSPS) is 12.4. The summed E-state index contributed by atoms with van der Waals surface area (Å²) in [7, 11) is -4.01. The number of hydrogen-bond acceptors (Lipinski definition) is 4. The van der Waals surface area contributed by atoms with Gasteiger partial charge in [-0.1, -0.05) is 34.5 Å². The van der Waals surface area contributed by atoms with Gasteiger partial charge in [0.2, 0.25) is 0 Å². The molecule has 1 heterocycles. The molecule has 2 rings (SSSR count). The van der Waals surface area contributed by atoms with Crippen LogP contribution in [0.5, 0.6) is 0 Å². The summed E-state index contributed by atoms with van der Waals surface area (Å²) >= 11 is 11.9. The lowest BCUT2D eigenvalue weighted by Gasteiger charge is -2.11. The predicted molar refractivity (Wildman–Crippen MR) is 74.4 cm³/mol. The first kappa shape index (κ1) is 16.3. The van der Waals surface area contributed by atoms with Crippen LogP contribution in [0, 0.1) is 0 Å². The topological polar surface area (TPSA) is 59.1 Å². The van der Waals surface area contributed by atoms with Crippen LogP contribution in [-0.4, -0.2) is 13.4 Å². The maximum absolute atomic E-state index is 12.5. The average molecular weight is 377 g/mol. The van der Waals surface area contributed by atoms with E-state index in [1.165, 1.54) is 0 Å². The molecule has 0 bridgehead atoms. The molecular weight excluding hydrogens is 372 g/mol. The Balaban J connectivity index is 2.32. The first-order chi connectivity index (χ1) is 9.59. The number of nitrogens with one attached hydrogen (secondary N) is 1. The van der Waals surface area contributed by atoms with Crippen LogP contribution in [0.25, 0.3) is 0 Å². The Morgan fingerprint density at radius 1 is 1.24 bits per heavy atom. The number of nitrogens with zero attached hydrogens (tertiary/aromatic N) is 1. The lowest BCUT2D eigenvalue weighted by atomic mass is 10.2. The number of rotatable bonds is 3. The Labute approximate surface area is 131 Å². The van der Waals surface area contributed by atoms with Gasteiger partial charge in [0.25, 0.3) is 10.0 Å². The maximum atomic E-state index is 12.5. The highest BCUT2D eigenvalue weighted by Gasteiger charge is 2.31. The van der Waals surface area contributed by atoms with Crippen molar-refractivity contribution in [2.75, 3.05) is 4.72 Å². The van der Waals surface area contributed by atoms with Gasteiger partial charge in [0.1, 0.15) is 0 Å². The highest BCUT2D eigenvalue weighted by Crippen LogP contribution is 2.34. The predicted octanol–water partition coefficient (Wildman–Crippen LogP) is 4.27. The smallest absolute Gasteiger partial charge is 0.277 e. The van der Waals surface area contributed by atoms with E-state index in [2.05, 4.69) is 9.71 Å². The van der Waals surface area contributed by atoms with Crippen LogP contribution in [0.3, 0.4) is 0 Å². The molecule has 114 valence electrons. The van der Waals surface area contributed by atoms with Crippen molar-refractivity contribution in [3.63, 3.8) is 0 Å². The fraction of sp³-hybridized carbons (Fsp3) is 0.100. The second-order valence-electron chi connectivity index (χ2n) is 3.73. The largest absolute Gasteiger partial charge is 0.416 e. The lowest BCUT2D eigenvalue weighted by Crippen LogP contribution is -2.12. The summed E-state index contributed by atoms with van der Waals surface area (Å²) in [5.41, 5.74) is -1.15. The van der Waals surface area contributed by atoms with Crippen molar-refractivity contribution in [1.82, 2.24) is 4.98 Å². The summed E-state index contributed by atoms with van der Waals surface area (Å²) in [6, 6.07) is 2.30. The molecule has 2 aromatic rings. The van der Waals surface area contributed by atoms with E-state index >= 15 is 0 Å². The Bertz CT molecular complexity index is 775. The number of benzene rings is 1. The van der Waals surface area contributed by atoms with Crippen LogP contribution in [0.2, 0.25) is 9.49 Å². The molecule has 0 atom stereocenters. The second-order valence-corrected chi connectivity index (χ2v) is 7.66. The number of aromatic nitrogens is 1. The molecule has 0 saturated carbocycles. The summed E-state index contributed by atoms with van der Waals surface area (Å²) in [5.74, 6) is 0. The van der Waals surface area contributed by atoms with E-state index in [1.54, 1.807) is 0 Å². The highest BCUT2D eigenvalue weighted by atomic mass is 35.5. The summed E-state index contributed by atoms with van der Waals surface area (Å²) in [4.78, 5) is 3.58. The van der Waals surface area contributed by atoms with Crippen molar-refractivity contribution in [2.24, 2.45) is 0 Å². The number of anilines is 1. The van der Waals surface area contributed by atoms with Crippen molar-refractivity contribution in [2.45, 2.75) is 10.4 Å². The monoisotopic (exact) mass is 376 g/mol. The standard InChI is InChI=1S/C10H5Cl2F3N2O2S2/c11-6-3-5(10(13,14)15)1-2-7(6)17-21(18,19)8-4-16-9(12)20-8/h1-4,17H. The molecule has 0 aliphatic rings. The lowest BCUT2D eigenvalue weighted by molar-refractivity contribution is -0.137. The van der Waals surface area contributed by atoms with E-state index in [0.29, 0.717) is 17.4 Å². The molecular formula is C10H5Cl2F3N2O2S2. The summed E-state index contributed by atoms with van der Waals surface area (Å²) in [5, 5.41) is -0.371. The van der Waals surface area contributed by atoms with Crippen LogP contribution in [0.4, 0.5) is 18.9 Å². The summed E-state index contributed by atoms with van der Waals surface area (Å²) in [6.45, 7) is 0. The van der Waals surface area contributed by atoms with Crippen LogP contribution >= 0.6 is 34.5 Å². The fourth-order valence-corrected chi connectivity index (χ4v) is 3.99. The minimum atomic E-state index is -4.56.